The van der Waals surface area contributed by atoms with Gasteiger partial charge in [-0.3, -0.25) is 4.79 Å². The first-order valence-electron chi connectivity index (χ1n) is 6.96. The lowest BCUT2D eigenvalue weighted by atomic mass is 10.1. The van der Waals surface area contributed by atoms with Crippen LogP contribution in [0.1, 0.15) is 33.1 Å². The molecule has 0 radical (unpaired) electrons. The molecule has 2 atom stereocenters. The van der Waals surface area contributed by atoms with E-state index in [2.05, 4.69) is 15.5 Å². The van der Waals surface area contributed by atoms with Crippen LogP contribution in [0.3, 0.4) is 0 Å². The maximum atomic E-state index is 11.6. The first kappa shape index (κ1) is 15.8. The van der Waals surface area contributed by atoms with E-state index in [0.717, 1.165) is 19.6 Å². The molecule has 0 aromatic rings. The Balaban J connectivity index is 2.13. The van der Waals surface area contributed by atoms with Gasteiger partial charge in [-0.2, -0.15) is 0 Å². The van der Waals surface area contributed by atoms with Crippen molar-refractivity contribution in [1.29, 1.82) is 0 Å². The Morgan fingerprint density at radius 1 is 1.26 bits per heavy atom. The van der Waals surface area contributed by atoms with E-state index in [-0.39, 0.29) is 24.4 Å². The van der Waals surface area contributed by atoms with E-state index >= 15 is 0 Å². The normalized spacial score (nSPS) is 18.8. The third kappa shape index (κ3) is 7.00. The summed E-state index contributed by atoms with van der Waals surface area (Å²) in [6.45, 7) is 7.28. The minimum absolute atomic E-state index is 0.0582. The second kappa shape index (κ2) is 7.99. The summed E-state index contributed by atoms with van der Waals surface area (Å²) in [6, 6.07) is -0.114. The summed E-state index contributed by atoms with van der Waals surface area (Å²) in [6.07, 6.45) is 2.56. The van der Waals surface area contributed by atoms with Crippen LogP contribution >= 0.6 is 0 Å². The van der Waals surface area contributed by atoms with Crippen LogP contribution in [0.4, 0.5) is 4.79 Å². The van der Waals surface area contributed by atoms with Gasteiger partial charge in [-0.15, -0.1) is 0 Å². The summed E-state index contributed by atoms with van der Waals surface area (Å²) in [4.78, 5) is 24.5. The largest absolute Gasteiger partial charge is 0.481 e. The van der Waals surface area contributed by atoms with Gasteiger partial charge >= 0.3 is 12.0 Å². The molecule has 6 heteroatoms. The lowest BCUT2D eigenvalue weighted by molar-refractivity contribution is -0.137. The molecule has 2 amide bonds. The average molecular weight is 271 g/mol. The highest BCUT2D eigenvalue weighted by molar-refractivity contribution is 5.74. The summed E-state index contributed by atoms with van der Waals surface area (Å²) < 4.78 is 0. The van der Waals surface area contributed by atoms with Crippen LogP contribution in [-0.2, 0) is 4.79 Å². The van der Waals surface area contributed by atoms with Crippen molar-refractivity contribution < 1.29 is 14.7 Å². The molecule has 0 aromatic carbocycles. The van der Waals surface area contributed by atoms with Crippen LogP contribution in [-0.4, -0.2) is 54.2 Å². The molecule has 0 spiro atoms. The lowest BCUT2D eigenvalue weighted by Crippen LogP contribution is -2.46. The Hall–Kier alpha value is -1.30. The molecule has 1 aliphatic rings. The second-order valence-corrected chi connectivity index (χ2v) is 5.47. The molecule has 0 aromatic heterocycles. The van der Waals surface area contributed by atoms with Crippen LogP contribution in [0.25, 0.3) is 0 Å². The molecular formula is C13H25N3O3. The summed E-state index contributed by atoms with van der Waals surface area (Å²) >= 11 is 0. The maximum Gasteiger partial charge on any atom is 0.315 e. The monoisotopic (exact) mass is 271 g/mol. The number of nitrogens with one attached hydrogen (secondary N) is 2. The third-order valence-electron chi connectivity index (χ3n) is 3.24. The number of hydrogen-bond acceptors (Lipinski definition) is 3. The molecule has 0 aliphatic carbocycles. The van der Waals surface area contributed by atoms with E-state index in [9.17, 15) is 9.59 Å². The molecule has 0 saturated carbocycles. The van der Waals surface area contributed by atoms with Gasteiger partial charge in [-0.05, 0) is 38.8 Å². The van der Waals surface area contributed by atoms with Gasteiger partial charge in [-0.25, -0.2) is 4.79 Å². The van der Waals surface area contributed by atoms with Crippen molar-refractivity contribution in [3.8, 4) is 0 Å². The van der Waals surface area contributed by atoms with E-state index in [1.807, 2.05) is 13.8 Å². The fourth-order valence-electron chi connectivity index (χ4n) is 2.31. The molecule has 1 rings (SSSR count). The minimum Gasteiger partial charge on any atom is -0.481 e. The fourth-order valence-corrected chi connectivity index (χ4v) is 2.31. The van der Waals surface area contributed by atoms with E-state index in [0.29, 0.717) is 6.54 Å². The van der Waals surface area contributed by atoms with Crippen molar-refractivity contribution >= 4 is 12.0 Å². The van der Waals surface area contributed by atoms with Gasteiger partial charge in [-0.1, -0.05) is 6.92 Å². The number of carbonyl (C=O) groups is 2. The molecule has 1 fully saturated rings. The maximum absolute atomic E-state index is 11.6. The van der Waals surface area contributed by atoms with E-state index in [1.54, 1.807) is 0 Å². The SMILES string of the molecule is CC(CNC(=O)NC(C)CN1CCCC1)CC(=O)O. The summed E-state index contributed by atoms with van der Waals surface area (Å²) in [5.74, 6) is -0.894. The van der Waals surface area contributed by atoms with E-state index in [4.69, 9.17) is 5.11 Å². The minimum atomic E-state index is -0.836. The predicted octanol–water partition coefficient (Wildman–Crippen LogP) is 0.881. The molecule has 110 valence electrons. The van der Waals surface area contributed by atoms with Gasteiger partial charge < -0.3 is 20.6 Å². The number of rotatable bonds is 7. The summed E-state index contributed by atoms with van der Waals surface area (Å²) in [7, 11) is 0. The van der Waals surface area contributed by atoms with Gasteiger partial charge in [0, 0.05) is 25.6 Å². The molecule has 0 bridgehead atoms. The van der Waals surface area contributed by atoms with Crippen LogP contribution in [0.2, 0.25) is 0 Å². The number of carbonyl (C=O) groups excluding carboxylic acids is 1. The highest BCUT2D eigenvalue weighted by atomic mass is 16.4. The molecule has 6 nitrogen and oxygen atoms in total. The standard InChI is InChI=1S/C13H25N3O3/c1-10(7-12(17)18)8-14-13(19)15-11(2)9-16-5-3-4-6-16/h10-11H,3-9H2,1-2H3,(H,17,18)(H2,14,15,19). The number of hydrogen-bond donors (Lipinski definition) is 3. The van der Waals surface area contributed by atoms with Crippen molar-refractivity contribution in [2.75, 3.05) is 26.2 Å². The number of amides is 2. The summed E-state index contributed by atoms with van der Waals surface area (Å²) in [5, 5.41) is 14.2. The fraction of sp³-hybridized carbons (Fsp3) is 0.846. The van der Waals surface area contributed by atoms with Crippen LogP contribution in [0.15, 0.2) is 0 Å². The Morgan fingerprint density at radius 2 is 1.89 bits per heavy atom. The molecule has 19 heavy (non-hydrogen) atoms. The van der Waals surface area contributed by atoms with Crippen molar-refractivity contribution in [2.24, 2.45) is 5.92 Å². The van der Waals surface area contributed by atoms with Gasteiger partial charge in [0.1, 0.15) is 0 Å². The average Bonchev–Trinajstić information content (AvgIpc) is 2.78. The molecule has 3 N–H and O–H groups in total. The van der Waals surface area contributed by atoms with Gasteiger partial charge in [0.05, 0.1) is 0 Å². The molecule has 1 aliphatic heterocycles. The Bertz CT molecular complexity index is 304. The first-order valence-corrected chi connectivity index (χ1v) is 6.96. The van der Waals surface area contributed by atoms with Crippen molar-refractivity contribution in [3.63, 3.8) is 0 Å². The van der Waals surface area contributed by atoms with Gasteiger partial charge in [0.2, 0.25) is 0 Å². The second-order valence-electron chi connectivity index (χ2n) is 5.47. The van der Waals surface area contributed by atoms with Crippen LogP contribution in [0, 0.1) is 5.92 Å². The molecule has 1 saturated heterocycles. The number of nitrogens with zero attached hydrogens (tertiary/aromatic N) is 1. The lowest BCUT2D eigenvalue weighted by Gasteiger charge is -2.21. The van der Waals surface area contributed by atoms with E-state index in [1.165, 1.54) is 12.8 Å². The number of carboxylic acids is 1. The molecule has 1 heterocycles. The van der Waals surface area contributed by atoms with Crippen LogP contribution < -0.4 is 10.6 Å². The number of urea groups is 1. The highest BCUT2D eigenvalue weighted by Crippen LogP contribution is 2.07. The smallest absolute Gasteiger partial charge is 0.315 e. The zero-order valence-corrected chi connectivity index (χ0v) is 11.8. The number of carboxylic acid groups (broad SMARTS) is 1. The van der Waals surface area contributed by atoms with Crippen LogP contribution in [0.5, 0.6) is 0 Å². The topological polar surface area (TPSA) is 81.7 Å². The van der Waals surface area contributed by atoms with Crippen molar-refractivity contribution in [2.45, 2.75) is 39.2 Å². The zero-order valence-electron chi connectivity index (χ0n) is 11.8. The van der Waals surface area contributed by atoms with Crippen molar-refractivity contribution in [3.05, 3.63) is 0 Å². The Kier molecular flexibility index (Phi) is 6.62. The Morgan fingerprint density at radius 3 is 2.47 bits per heavy atom. The van der Waals surface area contributed by atoms with E-state index < -0.39 is 5.97 Å². The quantitative estimate of drug-likeness (QED) is 0.642. The zero-order chi connectivity index (χ0) is 14.3. The highest BCUT2D eigenvalue weighted by Gasteiger charge is 2.16. The Labute approximate surface area is 114 Å². The molecule has 2 unspecified atom stereocenters. The van der Waals surface area contributed by atoms with Crippen molar-refractivity contribution in [1.82, 2.24) is 15.5 Å². The number of likely N-dealkylation sites (tertiary alicyclic amines) is 1. The van der Waals surface area contributed by atoms with Gasteiger partial charge in [0.15, 0.2) is 0 Å². The molecular weight excluding hydrogens is 246 g/mol. The summed E-state index contributed by atoms with van der Waals surface area (Å²) in [5.41, 5.74) is 0. The number of aliphatic carboxylic acids is 1. The third-order valence-corrected chi connectivity index (χ3v) is 3.24. The first-order chi connectivity index (χ1) is 8.97. The van der Waals surface area contributed by atoms with Gasteiger partial charge in [0.25, 0.3) is 0 Å². The predicted molar refractivity (Wildman–Crippen MR) is 73.1 cm³/mol.